The van der Waals surface area contributed by atoms with E-state index in [1.165, 1.54) is 18.2 Å². The highest BCUT2D eigenvalue weighted by atomic mass is 35.5. The summed E-state index contributed by atoms with van der Waals surface area (Å²) in [7, 11) is 0. The quantitative estimate of drug-likeness (QED) is 0.670. The van der Waals surface area contributed by atoms with Crippen molar-refractivity contribution in [3.05, 3.63) is 69.2 Å². The molecule has 3 N–H and O–H groups in total. The number of benzene rings is 2. The van der Waals surface area contributed by atoms with Crippen molar-refractivity contribution < 1.29 is 9.72 Å². The second kappa shape index (κ2) is 6.34. The fourth-order valence-electron chi connectivity index (χ4n) is 1.76. The predicted octanol–water partition coefficient (Wildman–Crippen LogP) is 2.89. The third-order valence-electron chi connectivity index (χ3n) is 2.85. The molecule has 2 aromatic rings. The molecule has 0 aliphatic heterocycles. The fraction of sp³-hybridized carbons (Fsp3) is 0.0714. The zero-order chi connectivity index (χ0) is 15.4. The van der Waals surface area contributed by atoms with Gasteiger partial charge in [-0.2, -0.15) is 0 Å². The number of carbonyl (C=O) groups is 1. The van der Waals surface area contributed by atoms with Gasteiger partial charge >= 0.3 is 0 Å². The molecule has 1 unspecified atom stereocenters. The standard InChI is InChI=1S/C14H12ClN3O3/c15-11-8-10(6-7-12(11)18(20)21)17-14(19)13(16)9-4-2-1-3-5-9/h1-8,13H,16H2,(H,17,19). The Kier molecular flexibility index (Phi) is 4.52. The molecular formula is C14H12ClN3O3. The highest BCUT2D eigenvalue weighted by Crippen LogP contribution is 2.27. The van der Waals surface area contributed by atoms with Crippen LogP contribution in [0, 0.1) is 10.1 Å². The Hall–Kier alpha value is -2.44. The average Bonchev–Trinajstić information content (AvgIpc) is 2.47. The summed E-state index contributed by atoms with van der Waals surface area (Å²) in [6, 6.07) is 12.0. The lowest BCUT2D eigenvalue weighted by Gasteiger charge is -2.12. The molecule has 2 rings (SSSR count). The molecule has 7 heteroatoms. The minimum atomic E-state index is -0.833. The maximum absolute atomic E-state index is 12.0. The van der Waals surface area contributed by atoms with Crippen LogP contribution in [0.1, 0.15) is 11.6 Å². The predicted molar refractivity (Wildman–Crippen MR) is 80.1 cm³/mol. The van der Waals surface area contributed by atoms with Crippen molar-refractivity contribution in [2.24, 2.45) is 5.73 Å². The van der Waals surface area contributed by atoms with Crippen LogP contribution in [-0.4, -0.2) is 10.8 Å². The average molecular weight is 306 g/mol. The molecule has 0 bridgehead atoms. The molecule has 0 radical (unpaired) electrons. The number of hydrogen-bond acceptors (Lipinski definition) is 4. The lowest BCUT2D eigenvalue weighted by Crippen LogP contribution is -2.27. The van der Waals surface area contributed by atoms with Crippen molar-refractivity contribution >= 4 is 28.9 Å². The number of nitro benzene ring substituents is 1. The minimum absolute atomic E-state index is 0.0499. The van der Waals surface area contributed by atoms with Crippen molar-refractivity contribution in [2.45, 2.75) is 6.04 Å². The fourth-order valence-corrected chi connectivity index (χ4v) is 2.01. The number of rotatable bonds is 4. The third kappa shape index (κ3) is 3.56. The van der Waals surface area contributed by atoms with Crippen LogP contribution in [0.4, 0.5) is 11.4 Å². The molecule has 0 aromatic heterocycles. The van der Waals surface area contributed by atoms with Crippen molar-refractivity contribution in [2.75, 3.05) is 5.32 Å². The van der Waals surface area contributed by atoms with Gasteiger partial charge in [-0.3, -0.25) is 14.9 Å². The van der Waals surface area contributed by atoms with Crippen LogP contribution in [0.15, 0.2) is 48.5 Å². The van der Waals surface area contributed by atoms with Gasteiger partial charge in [0.15, 0.2) is 0 Å². The van der Waals surface area contributed by atoms with Gasteiger partial charge in [-0.1, -0.05) is 41.9 Å². The molecule has 21 heavy (non-hydrogen) atoms. The minimum Gasteiger partial charge on any atom is -0.324 e. The second-order valence-electron chi connectivity index (χ2n) is 4.30. The summed E-state index contributed by atoms with van der Waals surface area (Å²) in [6.45, 7) is 0. The van der Waals surface area contributed by atoms with Crippen LogP contribution in [0.2, 0.25) is 5.02 Å². The number of hydrogen-bond donors (Lipinski definition) is 2. The van der Waals surface area contributed by atoms with Gasteiger partial charge in [0, 0.05) is 11.8 Å². The first kappa shape index (κ1) is 15.0. The lowest BCUT2D eigenvalue weighted by atomic mass is 10.1. The van der Waals surface area contributed by atoms with Gasteiger partial charge in [0.05, 0.1) is 4.92 Å². The largest absolute Gasteiger partial charge is 0.324 e. The number of nitro groups is 1. The van der Waals surface area contributed by atoms with Gasteiger partial charge in [0.2, 0.25) is 5.91 Å². The first-order valence-electron chi connectivity index (χ1n) is 6.04. The SMILES string of the molecule is NC(C(=O)Nc1ccc([N+](=O)[O-])c(Cl)c1)c1ccccc1. The van der Waals surface area contributed by atoms with Crippen LogP contribution in [0.25, 0.3) is 0 Å². The summed E-state index contributed by atoms with van der Waals surface area (Å²) in [5, 5.41) is 13.2. The zero-order valence-electron chi connectivity index (χ0n) is 10.8. The molecule has 0 heterocycles. The van der Waals surface area contributed by atoms with Gasteiger partial charge < -0.3 is 11.1 Å². The summed E-state index contributed by atoms with van der Waals surface area (Å²) in [6.07, 6.45) is 0. The van der Waals surface area contributed by atoms with Crippen LogP contribution >= 0.6 is 11.6 Å². The summed E-state index contributed by atoms with van der Waals surface area (Å²) < 4.78 is 0. The van der Waals surface area contributed by atoms with Gasteiger partial charge in [-0.15, -0.1) is 0 Å². The highest BCUT2D eigenvalue weighted by molar-refractivity contribution is 6.33. The van der Waals surface area contributed by atoms with Crippen molar-refractivity contribution in [1.82, 2.24) is 0 Å². The van der Waals surface area contributed by atoms with E-state index in [0.29, 0.717) is 11.3 Å². The molecule has 6 nitrogen and oxygen atoms in total. The molecule has 0 aliphatic carbocycles. The molecule has 2 aromatic carbocycles. The molecule has 0 saturated carbocycles. The maximum atomic E-state index is 12.0. The van der Waals surface area contributed by atoms with E-state index in [9.17, 15) is 14.9 Å². The van der Waals surface area contributed by atoms with E-state index >= 15 is 0 Å². The van der Waals surface area contributed by atoms with Crippen molar-refractivity contribution in [3.8, 4) is 0 Å². The Morgan fingerprint density at radius 2 is 1.90 bits per heavy atom. The summed E-state index contributed by atoms with van der Waals surface area (Å²) >= 11 is 5.78. The van der Waals surface area contributed by atoms with E-state index in [0.717, 1.165) is 0 Å². The van der Waals surface area contributed by atoms with Crippen LogP contribution in [-0.2, 0) is 4.79 Å². The number of nitrogens with one attached hydrogen (secondary N) is 1. The van der Waals surface area contributed by atoms with Crippen LogP contribution in [0.3, 0.4) is 0 Å². The topological polar surface area (TPSA) is 98.3 Å². The Morgan fingerprint density at radius 3 is 2.48 bits per heavy atom. The van der Waals surface area contributed by atoms with Crippen molar-refractivity contribution in [1.29, 1.82) is 0 Å². The van der Waals surface area contributed by atoms with E-state index in [-0.39, 0.29) is 10.7 Å². The molecule has 0 saturated heterocycles. The van der Waals surface area contributed by atoms with Gasteiger partial charge in [0.1, 0.15) is 11.1 Å². The molecular weight excluding hydrogens is 294 g/mol. The molecule has 1 amide bonds. The number of nitrogens with two attached hydrogens (primary N) is 1. The molecule has 0 fully saturated rings. The number of anilines is 1. The normalized spacial score (nSPS) is 11.7. The summed E-state index contributed by atoms with van der Waals surface area (Å²) in [5.41, 5.74) is 6.65. The smallest absolute Gasteiger partial charge is 0.288 e. The Balaban J connectivity index is 2.13. The van der Waals surface area contributed by atoms with E-state index in [4.69, 9.17) is 17.3 Å². The Morgan fingerprint density at radius 1 is 1.24 bits per heavy atom. The maximum Gasteiger partial charge on any atom is 0.288 e. The van der Waals surface area contributed by atoms with E-state index in [2.05, 4.69) is 5.32 Å². The van der Waals surface area contributed by atoms with E-state index in [1.807, 2.05) is 6.07 Å². The first-order chi connectivity index (χ1) is 9.99. The van der Waals surface area contributed by atoms with Gasteiger partial charge in [0.25, 0.3) is 5.69 Å². The van der Waals surface area contributed by atoms with E-state index in [1.54, 1.807) is 24.3 Å². The molecule has 1 atom stereocenters. The molecule has 0 spiro atoms. The number of amides is 1. The zero-order valence-corrected chi connectivity index (χ0v) is 11.6. The third-order valence-corrected chi connectivity index (χ3v) is 3.16. The van der Waals surface area contributed by atoms with Crippen molar-refractivity contribution in [3.63, 3.8) is 0 Å². The first-order valence-corrected chi connectivity index (χ1v) is 6.42. The number of nitrogens with zero attached hydrogens (tertiary/aromatic N) is 1. The number of carbonyl (C=O) groups excluding carboxylic acids is 1. The van der Waals surface area contributed by atoms with Crippen LogP contribution in [0.5, 0.6) is 0 Å². The Bertz CT molecular complexity index is 676. The lowest BCUT2D eigenvalue weighted by molar-refractivity contribution is -0.384. The van der Waals surface area contributed by atoms with E-state index < -0.39 is 16.9 Å². The molecule has 108 valence electrons. The van der Waals surface area contributed by atoms with Gasteiger partial charge in [-0.25, -0.2) is 0 Å². The summed E-state index contributed by atoms with van der Waals surface area (Å²) in [4.78, 5) is 22.1. The monoisotopic (exact) mass is 305 g/mol. The summed E-state index contributed by atoms with van der Waals surface area (Å²) in [5.74, 6) is -0.425. The van der Waals surface area contributed by atoms with Crippen LogP contribution < -0.4 is 11.1 Å². The Labute approximate surface area is 125 Å². The van der Waals surface area contributed by atoms with Gasteiger partial charge in [-0.05, 0) is 17.7 Å². The highest BCUT2D eigenvalue weighted by Gasteiger charge is 2.17. The molecule has 0 aliphatic rings. The number of halogens is 1. The second-order valence-corrected chi connectivity index (χ2v) is 4.71.